The Labute approximate surface area is 160 Å². The van der Waals surface area contributed by atoms with Gasteiger partial charge in [0, 0.05) is 37.1 Å². The second-order valence-electron chi connectivity index (χ2n) is 7.25. The Morgan fingerprint density at radius 1 is 1.08 bits per heavy atom. The smallest absolute Gasteiger partial charge is 0.234 e. The third kappa shape index (κ3) is 5.48. The maximum atomic E-state index is 12.6. The van der Waals surface area contributed by atoms with Gasteiger partial charge in [-0.1, -0.05) is 29.8 Å². The largest absolute Gasteiger partial charge is 0.351 e. The van der Waals surface area contributed by atoms with Gasteiger partial charge < -0.3 is 10.2 Å². The number of aryl methyl sites for hydroxylation is 1. The molecule has 2 saturated heterocycles. The van der Waals surface area contributed by atoms with Crippen LogP contribution in [0.4, 0.5) is 0 Å². The van der Waals surface area contributed by atoms with Gasteiger partial charge in [-0.3, -0.25) is 14.5 Å². The first-order chi connectivity index (χ1) is 12.6. The van der Waals surface area contributed by atoms with Crippen LogP contribution in [0.25, 0.3) is 0 Å². The van der Waals surface area contributed by atoms with Crippen LogP contribution >= 0.6 is 11.8 Å². The van der Waals surface area contributed by atoms with E-state index in [9.17, 15) is 9.59 Å². The SMILES string of the molecule is Cc1ccc(CNC(=O)CN2CCC(C(=O)N3CCSCC3)CC2)cc1. The van der Waals surface area contributed by atoms with E-state index in [-0.39, 0.29) is 11.8 Å². The van der Waals surface area contributed by atoms with Crippen LogP contribution in [-0.4, -0.2) is 65.8 Å². The molecule has 2 amide bonds. The number of benzene rings is 1. The summed E-state index contributed by atoms with van der Waals surface area (Å²) in [6.45, 7) is 6.50. The quantitative estimate of drug-likeness (QED) is 0.854. The van der Waals surface area contributed by atoms with Crippen molar-refractivity contribution >= 4 is 23.6 Å². The van der Waals surface area contributed by atoms with Crippen molar-refractivity contribution in [2.75, 3.05) is 44.2 Å². The van der Waals surface area contributed by atoms with Gasteiger partial charge in [0.2, 0.25) is 11.8 Å². The molecule has 5 nitrogen and oxygen atoms in total. The van der Waals surface area contributed by atoms with Crippen LogP contribution in [0, 0.1) is 12.8 Å². The molecular weight excluding hydrogens is 346 g/mol. The maximum absolute atomic E-state index is 12.6. The third-order valence-electron chi connectivity index (χ3n) is 5.24. The van der Waals surface area contributed by atoms with Crippen molar-refractivity contribution in [2.24, 2.45) is 5.92 Å². The van der Waals surface area contributed by atoms with Gasteiger partial charge in [0.25, 0.3) is 0 Å². The number of carbonyl (C=O) groups excluding carboxylic acids is 2. The predicted molar refractivity (Wildman–Crippen MR) is 106 cm³/mol. The Morgan fingerprint density at radius 3 is 2.38 bits per heavy atom. The number of nitrogens with zero attached hydrogens (tertiary/aromatic N) is 2. The average molecular weight is 376 g/mol. The van der Waals surface area contributed by atoms with Gasteiger partial charge >= 0.3 is 0 Å². The van der Waals surface area contributed by atoms with E-state index in [4.69, 9.17) is 0 Å². The van der Waals surface area contributed by atoms with Crippen LogP contribution in [0.1, 0.15) is 24.0 Å². The zero-order valence-corrected chi connectivity index (χ0v) is 16.4. The van der Waals surface area contributed by atoms with Crippen molar-refractivity contribution in [3.05, 3.63) is 35.4 Å². The summed E-state index contributed by atoms with van der Waals surface area (Å²) in [5, 5.41) is 2.99. The molecule has 2 heterocycles. The third-order valence-corrected chi connectivity index (χ3v) is 6.18. The molecule has 1 N–H and O–H groups in total. The van der Waals surface area contributed by atoms with E-state index in [0.29, 0.717) is 19.0 Å². The second kappa shape index (κ2) is 9.42. The molecule has 6 heteroatoms. The van der Waals surface area contributed by atoms with Crippen molar-refractivity contribution in [3.8, 4) is 0 Å². The van der Waals surface area contributed by atoms with Gasteiger partial charge in [-0.15, -0.1) is 0 Å². The number of hydrogen-bond donors (Lipinski definition) is 1. The van der Waals surface area contributed by atoms with E-state index in [1.807, 2.05) is 28.8 Å². The topological polar surface area (TPSA) is 52.7 Å². The summed E-state index contributed by atoms with van der Waals surface area (Å²) in [5.41, 5.74) is 2.34. The molecule has 1 aromatic carbocycles. The van der Waals surface area contributed by atoms with Gasteiger partial charge in [0.05, 0.1) is 6.54 Å². The summed E-state index contributed by atoms with van der Waals surface area (Å²) in [6, 6.07) is 8.21. The number of nitrogens with one attached hydrogen (secondary N) is 1. The Morgan fingerprint density at radius 2 is 1.73 bits per heavy atom. The van der Waals surface area contributed by atoms with Crippen molar-refractivity contribution in [3.63, 3.8) is 0 Å². The van der Waals surface area contributed by atoms with Crippen molar-refractivity contribution in [1.82, 2.24) is 15.1 Å². The van der Waals surface area contributed by atoms with Crippen molar-refractivity contribution < 1.29 is 9.59 Å². The van der Waals surface area contributed by atoms with Gasteiger partial charge in [-0.2, -0.15) is 11.8 Å². The average Bonchev–Trinajstić information content (AvgIpc) is 2.68. The summed E-state index contributed by atoms with van der Waals surface area (Å²) in [4.78, 5) is 29.0. The molecule has 0 saturated carbocycles. The van der Waals surface area contributed by atoms with Gasteiger partial charge in [-0.05, 0) is 38.4 Å². The van der Waals surface area contributed by atoms with Gasteiger partial charge in [-0.25, -0.2) is 0 Å². The summed E-state index contributed by atoms with van der Waals surface area (Å²) < 4.78 is 0. The maximum Gasteiger partial charge on any atom is 0.234 e. The van der Waals surface area contributed by atoms with Crippen LogP contribution in [0.3, 0.4) is 0 Å². The number of amides is 2. The lowest BCUT2D eigenvalue weighted by Crippen LogP contribution is -2.47. The molecular formula is C20H29N3O2S. The molecule has 2 fully saturated rings. The van der Waals surface area contributed by atoms with E-state index >= 15 is 0 Å². The molecule has 0 aliphatic carbocycles. The van der Waals surface area contributed by atoms with E-state index in [2.05, 4.69) is 29.3 Å². The van der Waals surface area contributed by atoms with Gasteiger partial charge in [0.1, 0.15) is 0 Å². The Balaban J connectivity index is 1.37. The first-order valence-corrected chi connectivity index (χ1v) is 10.7. The molecule has 3 rings (SSSR count). The second-order valence-corrected chi connectivity index (χ2v) is 8.48. The van der Waals surface area contributed by atoms with E-state index in [1.165, 1.54) is 5.56 Å². The van der Waals surface area contributed by atoms with Crippen LogP contribution < -0.4 is 5.32 Å². The fourth-order valence-electron chi connectivity index (χ4n) is 3.55. The van der Waals surface area contributed by atoms with Crippen LogP contribution in [-0.2, 0) is 16.1 Å². The molecule has 142 valence electrons. The monoisotopic (exact) mass is 375 g/mol. The molecule has 2 aliphatic rings. The van der Waals surface area contributed by atoms with Crippen molar-refractivity contribution in [1.29, 1.82) is 0 Å². The Hall–Kier alpha value is -1.53. The number of rotatable bonds is 5. The molecule has 0 spiro atoms. The summed E-state index contributed by atoms with van der Waals surface area (Å²) in [7, 11) is 0. The molecule has 1 aromatic rings. The minimum Gasteiger partial charge on any atom is -0.351 e. The number of hydrogen-bond acceptors (Lipinski definition) is 4. The molecule has 0 bridgehead atoms. The highest BCUT2D eigenvalue weighted by Gasteiger charge is 2.29. The minimum absolute atomic E-state index is 0.0587. The fourth-order valence-corrected chi connectivity index (χ4v) is 4.45. The molecule has 0 atom stereocenters. The standard InChI is InChI=1S/C20H29N3O2S/c1-16-2-4-17(5-3-16)14-21-19(24)15-22-8-6-18(7-9-22)20(25)23-10-12-26-13-11-23/h2-5,18H,6-15H2,1H3,(H,21,24). The summed E-state index contributed by atoms with van der Waals surface area (Å²) in [5.74, 6) is 2.65. The first kappa shape index (κ1) is 19.2. The summed E-state index contributed by atoms with van der Waals surface area (Å²) in [6.07, 6.45) is 1.74. The zero-order chi connectivity index (χ0) is 18.4. The Bertz CT molecular complexity index is 606. The number of carbonyl (C=O) groups is 2. The Kier molecular flexibility index (Phi) is 6.97. The number of thioether (sulfide) groups is 1. The molecule has 0 aromatic heterocycles. The summed E-state index contributed by atoms with van der Waals surface area (Å²) >= 11 is 1.93. The molecule has 26 heavy (non-hydrogen) atoms. The zero-order valence-electron chi connectivity index (χ0n) is 15.6. The lowest BCUT2D eigenvalue weighted by atomic mass is 9.95. The normalized spacial score (nSPS) is 19.3. The van der Waals surface area contributed by atoms with Crippen molar-refractivity contribution in [2.45, 2.75) is 26.3 Å². The lowest BCUT2D eigenvalue weighted by Gasteiger charge is -2.35. The molecule has 2 aliphatic heterocycles. The van der Waals surface area contributed by atoms with Crippen LogP contribution in [0.15, 0.2) is 24.3 Å². The highest BCUT2D eigenvalue weighted by atomic mass is 32.2. The molecule has 0 unspecified atom stereocenters. The highest BCUT2D eigenvalue weighted by molar-refractivity contribution is 7.99. The van der Waals surface area contributed by atoms with Gasteiger partial charge in [0.15, 0.2) is 0 Å². The highest BCUT2D eigenvalue weighted by Crippen LogP contribution is 2.21. The van der Waals surface area contributed by atoms with Crippen LogP contribution in [0.5, 0.6) is 0 Å². The molecule has 0 radical (unpaired) electrons. The van der Waals surface area contributed by atoms with E-state index < -0.39 is 0 Å². The van der Waals surface area contributed by atoms with Crippen LogP contribution in [0.2, 0.25) is 0 Å². The van der Waals surface area contributed by atoms with E-state index in [0.717, 1.165) is 56.1 Å². The predicted octanol–water partition coefficient (Wildman–Crippen LogP) is 1.90. The number of piperidine rings is 1. The number of likely N-dealkylation sites (tertiary alicyclic amines) is 1. The van der Waals surface area contributed by atoms with E-state index in [1.54, 1.807) is 0 Å². The first-order valence-electron chi connectivity index (χ1n) is 9.53. The lowest BCUT2D eigenvalue weighted by molar-refractivity contribution is -0.136. The minimum atomic E-state index is 0.0587. The fraction of sp³-hybridized carbons (Fsp3) is 0.600.